The van der Waals surface area contributed by atoms with E-state index in [2.05, 4.69) is 4.98 Å². The molecule has 0 aliphatic carbocycles. The van der Waals surface area contributed by atoms with Gasteiger partial charge in [-0.05, 0) is 31.2 Å². The third-order valence-electron chi connectivity index (χ3n) is 2.95. The van der Waals surface area contributed by atoms with Crippen LogP contribution in [0.15, 0.2) is 52.9 Å². The summed E-state index contributed by atoms with van der Waals surface area (Å²) in [6.07, 6.45) is 0. The number of hydrogen-bond acceptors (Lipinski definition) is 4. The fourth-order valence-corrected chi connectivity index (χ4v) is 1.88. The van der Waals surface area contributed by atoms with Gasteiger partial charge in [0, 0.05) is 0 Å². The summed E-state index contributed by atoms with van der Waals surface area (Å²) < 4.78 is 10.7. The fraction of sp³-hybridized carbons (Fsp3) is 0.125. The molecule has 3 rings (SSSR count). The number of fused-ring (bicyclic) bond motifs is 1. The maximum Gasteiger partial charge on any atom is 0.338 e. The third kappa shape index (κ3) is 2.54. The van der Waals surface area contributed by atoms with Crippen LogP contribution >= 0.6 is 0 Å². The third-order valence-corrected chi connectivity index (χ3v) is 2.95. The average Bonchev–Trinajstić information content (AvgIpc) is 2.88. The predicted octanol–water partition coefficient (Wildman–Crippen LogP) is 3.49. The van der Waals surface area contributed by atoms with Crippen LogP contribution in [0, 0.1) is 6.92 Å². The van der Waals surface area contributed by atoms with E-state index in [9.17, 15) is 4.79 Å². The summed E-state index contributed by atoms with van der Waals surface area (Å²) in [5.41, 5.74) is 3.06. The highest BCUT2D eigenvalue weighted by atomic mass is 16.5. The van der Waals surface area contributed by atoms with Crippen LogP contribution in [0.5, 0.6) is 0 Å². The van der Waals surface area contributed by atoms with Gasteiger partial charge in [-0.15, -0.1) is 0 Å². The van der Waals surface area contributed by atoms with E-state index in [1.807, 2.05) is 43.3 Å². The number of para-hydroxylation sites is 2. The SMILES string of the molecule is Cc1ccc(C(=O)OCc2nc3ccccc3o2)cc1. The lowest BCUT2D eigenvalue weighted by Gasteiger charge is -2.02. The normalized spacial score (nSPS) is 10.7. The van der Waals surface area contributed by atoms with Crippen molar-refractivity contribution >= 4 is 17.1 Å². The van der Waals surface area contributed by atoms with Crippen molar-refractivity contribution in [3.05, 3.63) is 65.5 Å². The molecule has 100 valence electrons. The van der Waals surface area contributed by atoms with Gasteiger partial charge in [0.15, 0.2) is 12.2 Å². The molecule has 0 radical (unpaired) electrons. The number of aromatic nitrogens is 1. The maximum absolute atomic E-state index is 11.9. The maximum atomic E-state index is 11.9. The van der Waals surface area contributed by atoms with Gasteiger partial charge < -0.3 is 9.15 Å². The first-order chi connectivity index (χ1) is 9.72. The van der Waals surface area contributed by atoms with Crippen LogP contribution < -0.4 is 0 Å². The molecule has 0 atom stereocenters. The van der Waals surface area contributed by atoms with Gasteiger partial charge in [-0.3, -0.25) is 0 Å². The summed E-state index contributed by atoms with van der Waals surface area (Å²) in [5.74, 6) is 0.0129. The Labute approximate surface area is 116 Å². The van der Waals surface area contributed by atoms with Gasteiger partial charge >= 0.3 is 5.97 Å². The average molecular weight is 267 g/mol. The van der Waals surface area contributed by atoms with Crippen LogP contribution in [0.4, 0.5) is 0 Å². The summed E-state index contributed by atoms with van der Waals surface area (Å²) in [4.78, 5) is 16.1. The van der Waals surface area contributed by atoms with Gasteiger partial charge in [0.25, 0.3) is 0 Å². The molecule has 0 unspecified atom stereocenters. The number of esters is 1. The van der Waals surface area contributed by atoms with E-state index >= 15 is 0 Å². The molecule has 1 aromatic heterocycles. The van der Waals surface area contributed by atoms with Crippen molar-refractivity contribution in [1.29, 1.82) is 0 Å². The first-order valence-electron chi connectivity index (χ1n) is 6.30. The number of benzene rings is 2. The number of ether oxygens (including phenoxy) is 1. The lowest BCUT2D eigenvalue weighted by molar-refractivity contribution is 0.0440. The van der Waals surface area contributed by atoms with E-state index in [0.717, 1.165) is 11.1 Å². The van der Waals surface area contributed by atoms with Gasteiger partial charge in [0.2, 0.25) is 5.89 Å². The van der Waals surface area contributed by atoms with Gasteiger partial charge in [-0.1, -0.05) is 29.8 Å². The first-order valence-corrected chi connectivity index (χ1v) is 6.30. The highest BCUT2D eigenvalue weighted by Crippen LogP contribution is 2.15. The molecule has 0 spiro atoms. The number of carbonyl (C=O) groups is 1. The van der Waals surface area contributed by atoms with Gasteiger partial charge in [0.05, 0.1) is 5.56 Å². The standard InChI is InChI=1S/C16H13NO3/c1-11-6-8-12(9-7-11)16(18)19-10-15-17-13-4-2-3-5-14(13)20-15/h2-9H,10H2,1H3. The molecule has 0 fully saturated rings. The van der Waals surface area contributed by atoms with E-state index in [1.54, 1.807) is 12.1 Å². The predicted molar refractivity (Wildman–Crippen MR) is 74.3 cm³/mol. The second-order valence-electron chi connectivity index (χ2n) is 4.52. The molecule has 0 amide bonds. The topological polar surface area (TPSA) is 52.3 Å². The second kappa shape index (κ2) is 5.17. The smallest absolute Gasteiger partial charge is 0.338 e. The molecule has 0 aliphatic heterocycles. The Balaban J connectivity index is 1.69. The molecular weight excluding hydrogens is 254 g/mol. The van der Waals surface area contributed by atoms with Crippen LogP contribution in [0.1, 0.15) is 21.8 Å². The first kappa shape index (κ1) is 12.4. The zero-order chi connectivity index (χ0) is 13.9. The minimum atomic E-state index is -0.382. The number of nitrogens with zero attached hydrogens (tertiary/aromatic N) is 1. The van der Waals surface area contributed by atoms with Crippen molar-refractivity contribution in [2.45, 2.75) is 13.5 Å². The molecule has 4 nitrogen and oxygen atoms in total. The minimum absolute atomic E-state index is 0.0292. The number of aryl methyl sites for hydroxylation is 1. The summed E-state index contributed by atoms with van der Waals surface area (Å²) in [5, 5.41) is 0. The van der Waals surface area contributed by atoms with Crippen LogP contribution in [0.2, 0.25) is 0 Å². The molecule has 20 heavy (non-hydrogen) atoms. The van der Waals surface area contributed by atoms with E-state index in [4.69, 9.17) is 9.15 Å². The Morgan fingerprint density at radius 3 is 2.65 bits per heavy atom. The van der Waals surface area contributed by atoms with Gasteiger partial charge in [-0.25, -0.2) is 9.78 Å². The van der Waals surface area contributed by atoms with E-state index < -0.39 is 0 Å². The van der Waals surface area contributed by atoms with Crippen LogP contribution in [-0.4, -0.2) is 11.0 Å². The number of rotatable bonds is 3. The van der Waals surface area contributed by atoms with Crippen molar-refractivity contribution in [2.24, 2.45) is 0 Å². The lowest BCUT2D eigenvalue weighted by Crippen LogP contribution is -2.05. The summed E-state index contributed by atoms with van der Waals surface area (Å²) >= 11 is 0. The highest BCUT2D eigenvalue weighted by molar-refractivity contribution is 5.89. The van der Waals surface area contributed by atoms with E-state index in [0.29, 0.717) is 17.0 Å². The molecule has 3 aromatic rings. The van der Waals surface area contributed by atoms with Crippen LogP contribution in [-0.2, 0) is 11.3 Å². The molecule has 1 heterocycles. The molecular formula is C16H13NO3. The fourth-order valence-electron chi connectivity index (χ4n) is 1.88. The van der Waals surface area contributed by atoms with Crippen molar-refractivity contribution in [3.8, 4) is 0 Å². The minimum Gasteiger partial charge on any atom is -0.452 e. The molecule has 0 saturated carbocycles. The lowest BCUT2D eigenvalue weighted by atomic mass is 10.1. The van der Waals surface area contributed by atoms with Gasteiger partial charge in [-0.2, -0.15) is 0 Å². The molecule has 2 aromatic carbocycles. The molecule has 0 bridgehead atoms. The molecule has 0 saturated heterocycles. The molecule has 0 aliphatic rings. The zero-order valence-corrected chi connectivity index (χ0v) is 11.0. The van der Waals surface area contributed by atoms with Crippen molar-refractivity contribution in [3.63, 3.8) is 0 Å². The Hall–Kier alpha value is -2.62. The number of oxazole rings is 1. The Morgan fingerprint density at radius 2 is 1.90 bits per heavy atom. The Kier molecular flexibility index (Phi) is 3.21. The number of carbonyl (C=O) groups excluding carboxylic acids is 1. The van der Waals surface area contributed by atoms with Crippen molar-refractivity contribution < 1.29 is 13.9 Å². The van der Waals surface area contributed by atoms with Crippen LogP contribution in [0.3, 0.4) is 0 Å². The summed E-state index contributed by atoms with van der Waals surface area (Å²) in [6, 6.07) is 14.7. The summed E-state index contributed by atoms with van der Waals surface area (Å²) in [7, 11) is 0. The monoisotopic (exact) mass is 267 g/mol. The number of hydrogen-bond donors (Lipinski definition) is 0. The Bertz CT molecular complexity index is 711. The molecule has 0 N–H and O–H groups in total. The Morgan fingerprint density at radius 1 is 1.15 bits per heavy atom. The van der Waals surface area contributed by atoms with E-state index in [-0.39, 0.29) is 12.6 Å². The van der Waals surface area contributed by atoms with Gasteiger partial charge in [0.1, 0.15) is 5.52 Å². The summed E-state index contributed by atoms with van der Waals surface area (Å²) in [6.45, 7) is 1.99. The van der Waals surface area contributed by atoms with Crippen LogP contribution in [0.25, 0.3) is 11.1 Å². The highest BCUT2D eigenvalue weighted by Gasteiger charge is 2.10. The zero-order valence-electron chi connectivity index (χ0n) is 11.0. The second-order valence-corrected chi connectivity index (χ2v) is 4.52. The largest absolute Gasteiger partial charge is 0.452 e. The van der Waals surface area contributed by atoms with E-state index in [1.165, 1.54) is 0 Å². The molecule has 4 heteroatoms. The quantitative estimate of drug-likeness (QED) is 0.681. The van der Waals surface area contributed by atoms with Crippen molar-refractivity contribution in [2.75, 3.05) is 0 Å². The van der Waals surface area contributed by atoms with Crippen molar-refractivity contribution in [1.82, 2.24) is 4.98 Å².